The normalized spacial score (nSPS) is 29.1. The molecule has 1 aliphatic carbocycles. The Balaban J connectivity index is 1.69. The molecule has 8 heteroatoms. The van der Waals surface area contributed by atoms with E-state index in [4.69, 9.17) is 0 Å². The standard InChI is InChI=1S/C19H27N5O3/c1-11-15(10-21-22(11)3)17-14(9-16(25)24(17)13-5-6-13)19(27)23-8-4-7-20-18(26)12(23)2/h10,12-14,17H,4-9H2,1-3H3,(H,20,26)/t12?,14-,17-/m1/s1. The van der Waals surface area contributed by atoms with E-state index in [9.17, 15) is 14.4 Å². The molecule has 0 spiro atoms. The Hall–Kier alpha value is -2.38. The Morgan fingerprint density at radius 3 is 2.67 bits per heavy atom. The van der Waals surface area contributed by atoms with Gasteiger partial charge in [-0.05, 0) is 33.1 Å². The maximum atomic E-state index is 13.5. The molecule has 27 heavy (non-hydrogen) atoms. The molecule has 1 unspecified atom stereocenters. The molecule has 0 bridgehead atoms. The summed E-state index contributed by atoms with van der Waals surface area (Å²) < 4.78 is 1.78. The summed E-state index contributed by atoms with van der Waals surface area (Å²) in [5.74, 6) is -0.645. The molecule has 2 saturated heterocycles. The lowest BCUT2D eigenvalue weighted by molar-refractivity contribution is -0.143. The second-order valence-corrected chi connectivity index (χ2v) is 7.95. The first kappa shape index (κ1) is 18.0. The molecule has 1 aromatic rings. The van der Waals surface area contributed by atoms with E-state index in [2.05, 4.69) is 10.4 Å². The summed E-state index contributed by atoms with van der Waals surface area (Å²) in [6, 6.07) is -0.574. The van der Waals surface area contributed by atoms with Crippen LogP contribution in [0.2, 0.25) is 0 Å². The van der Waals surface area contributed by atoms with Crippen molar-refractivity contribution in [2.45, 2.75) is 57.7 Å². The second-order valence-electron chi connectivity index (χ2n) is 7.95. The molecule has 0 radical (unpaired) electrons. The third-order valence-corrected chi connectivity index (χ3v) is 6.22. The third-order valence-electron chi connectivity index (χ3n) is 6.22. The number of amides is 3. The van der Waals surface area contributed by atoms with Gasteiger partial charge < -0.3 is 15.1 Å². The Kier molecular flexibility index (Phi) is 4.44. The number of aryl methyl sites for hydroxylation is 1. The molecule has 2 aliphatic heterocycles. The van der Waals surface area contributed by atoms with E-state index in [1.807, 2.05) is 18.9 Å². The summed E-state index contributed by atoms with van der Waals surface area (Å²) in [6.45, 7) is 4.85. The van der Waals surface area contributed by atoms with Crippen molar-refractivity contribution in [3.63, 3.8) is 0 Å². The van der Waals surface area contributed by atoms with E-state index in [1.54, 1.807) is 22.7 Å². The molecule has 8 nitrogen and oxygen atoms in total. The molecular weight excluding hydrogens is 346 g/mol. The van der Waals surface area contributed by atoms with Crippen LogP contribution in [-0.4, -0.2) is 62.5 Å². The van der Waals surface area contributed by atoms with Crippen LogP contribution in [0.25, 0.3) is 0 Å². The number of hydrogen-bond acceptors (Lipinski definition) is 4. The van der Waals surface area contributed by atoms with Crippen LogP contribution < -0.4 is 5.32 Å². The van der Waals surface area contributed by atoms with Crippen molar-refractivity contribution in [1.82, 2.24) is 24.9 Å². The highest BCUT2D eigenvalue weighted by atomic mass is 16.2. The van der Waals surface area contributed by atoms with Crippen molar-refractivity contribution in [2.24, 2.45) is 13.0 Å². The van der Waals surface area contributed by atoms with Crippen molar-refractivity contribution >= 4 is 17.7 Å². The monoisotopic (exact) mass is 373 g/mol. The average molecular weight is 373 g/mol. The number of likely N-dealkylation sites (tertiary alicyclic amines) is 1. The van der Waals surface area contributed by atoms with Gasteiger partial charge in [-0.15, -0.1) is 0 Å². The first-order valence-corrected chi connectivity index (χ1v) is 9.78. The van der Waals surface area contributed by atoms with Crippen molar-refractivity contribution in [1.29, 1.82) is 0 Å². The summed E-state index contributed by atoms with van der Waals surface area (Å²) >= 11 is 0. The summed E-state index contributed by atoms with van der Waals surface area (Å²) in [4.78, 5) is 42.1. The third kappa shape index (κ3) is 3.00. The topological polar surface area (TPSA) is 87.5 Å². The predicted molar refractivity (Wildman–Crippen MR) is 97.5 cm³/mol. The van der Waals surface area contributed by atoms with E-state index < -0.39 is 12.0 Å². The smallest absolute Gasteiger partial charge is 0.242 e. The number of nitrogens with zero attached hydrogens (tertiary/aromatic N) is 4. The van der Waals surface area contributed by atoms with Gasteiger partial charge in [0.25, 0.3) is 0 Å². The Morgan fingerprint density at radius 1 is 1.30 bits per heavy atom. The summed E-state index contributed by atoms with van der Waals surface area (Å²) in [5.41, 5.74) is 1.92. The summed E-state index contributed by atoms with van der Waals surface area (Å²) in [7, 11) is 1.87. The Morgan fingerprint density at radius 2 is 2.04 bits per heavy atom. The van der Waals surface area contributed by atoms with Gasteiger partial charge in [0.2, 0.25) is 17.7 Å². The van der Waals surface area contributed by atoms with Crippen molar-refractivity contribution in [2.75, 3.05) is 13.1 Å². The first-order chi connectivity index (χ1) is 12.9. The molecule has 1 saturated carbocycles. The molecule has 146 valence electrons. The molecule has 3 amide bonds. The molecule has 1 aromatic heterocycles. The molecule has 3 atom stereocenters. The fourth-order valence-corrected chi connectivity index (χ4v) is 4.39. The Labute approximate surface area is 158 Å². The van der Waals surface area contributed by atoms with Gasteiger partial charge in [0, 0.05) is 43.9 Å². The molecule has 0 aromatic carbocycles. The van der Waals surface area contributed by atoms with Crippen molar-refractivity contribution < 1.29 is 14.4 Å². The highest BCUT2D eigenvalue weighted by molar-refractivity contribution is 5.93. The number of carbonyl (C=O) groups excluding carboxylic acids is 3. The van der Waals surface area contributed by atoms with E-state index >= 15 is 0 Å². The second kappa shape index (κ2) is 6.65. The molecule has 4 rings (SSSR count). The van der Waals surface area contributed by atoms with Gasteiger partial charge in [-0.2, -0.15) is 5.10 Å². The van der Waals surface area contributed by atoms with E-state index in [0.717, 1.165) is 30.5 Å². The van der Waals surface area contributed by atoms with Crippen LogP contribution in [0.4, 0.5) is 0 Å². The first-order valence-electron chi connectivity index (χ1n) is 9.78. The SMILES string of the molecule is Cc1c([C@H]2[C@H](C(=O)N3CCCNC(=O)C3C)CC(=O)N2C2CC2)cnn1C. The van der Waals surface area contributed by atoms with Crippen LogP contribution in [-0.2, 0) is 21.4 Å². The molecule has 3 fully saturated rings. The highest BCUT2D eigenvalue weighted by Crippen LogP contribution is 2.46. The van der Waals surface area contributed by atoms with Gasteiger partial charge in [0.05, 0.1) is 18.2 Å². The van der Waals surface area contributed by atoms with Crippen molar-refractivity contribution in [3.05, 3.63) is 17.5 Å². The zero-order valence-corrected chi connectivity index (χ0v) is 16.1. The largest absolute Gasteiger partial charge is 0.354 e. The number of nitrogens with one attached hydrogen (secondary N) is 1. The fourth-order valence-electron chi connectivity index (χ4n) is 4.39. The lowest BCUT2D eigenvalue weighted by atomic mass is 9.92. The van der Waals surface area contributed by atoms with Gasteiger partial charge in [0.1, 0.15) is 6.04 Å². The number of carbonyl (C=O) groups is 3. The fraction of sp³-hybridized carbons (Fsp3) is 0.684. The zero-order valence-electron chi connectivity index (χ0n) is 16.1. The van der Waals surface area contributed by atoms with Gasteiger partial charge in [-0.3, -0.25) is 19.1 Å². The average Bonchev–Trinajstić information content (AvgIpc) is 3.38. The van der Waals surface area contributed by atoms with Gasteiger partial charge in [0.15, 0.2) is 0 Å². The number of aromatic nitrogens is 2. The van der Waals surface area contributed by atoms with Gasteiger partial charge >= 0.3 is 0 Å². The van der Waals surface area contributed by atoms with Crippen LogP contribution in [0.3, 0.4) is 0 Å². The van der Waals surface area contributed by atoms with Crippen LogP contribution in [0.5, 0.6) is 0 Å². The summed E-state index contributed by atoms with van der Waals surface area (Å²) in [6.07, 6.45) is 4.70. The van der Waals surface area contributed by atoms with E-state index in [1.165, 1.54) is 0 Å². The molecule has 1 N–H and O–H groups in total. The minimum atomic E-state index is -0.513. The highest BCUT2D eigenvalue weighted by Gasteiger charge is 2.52. The minimum absolute atomic E-state index is 0.0380. The lowest BCUT2D eigenvalue weighted by Gasteiger charge is -2.32. The molecular formula is C19H27N5O3. The lowest BCUT2D eigenvalue weighted by Crippen LogP contribution is -2.48. The van der Waals surface area contributed by atoms with E-state index in [0.29, 0.717) is 13.1 Å². The van der Waals surface area contributed by atoms with Crippen LogP contribution in [0.15, 0.2) is 6.20 Å². The van der Waals surface area contributed by atoms with Crippen LogP contribution in [0, 0.1) is 12.8 Å². The zero-order chi connectivity index (χ0) is 19.3. The molecule has 3 heterocycles. The van der Waals surface area contributed by atoms with Crippen molar-refractivity contribution in [3.8, 4) is 0 Å². The van der Waals surface area contributed by atoms with Crippen LogP contribution in [0.1, 0.15) is 49.9 Å². The van der Waals surface area contributed by atoms with E-state index in [-0.39, 0.29) is 36.2 Å². The maximum absolute atomic E-state index is 13.5. The quantitative estimate of drug-likeness (QED) is 0.837. The van der Waals surface area contributed by atoms with Gasteiger partial charge in [-0.25, -0.2) is 0 Å². The maximum Gasteiger partial charge on any atom is 0.242 e. The number of hydrogen-bond donors (Lipinski definition) is 1. The minimum Gasteiger partial charge on any atom is -0.354 e. The summed E-state index contributed by atoms with van der Waals surface area (Å²) in [5, 5.41) is 7.19. The number of rotatable bonds is 3. The Bertz CT molecular complexity index is 784. The van der Waals surface area contributed by atoms with Gasteiger partial charge in [-0.1, -0.05) is 0 Å². The predicted octanol–water partition coefficient (Wildman–Crippen LogP) is 0.518. The van der Waals surface area contributed by atoms with Crippen LogP contribution >= 0.6 is 0 Å². The molecule has 3 aliphatic rings.